The van der Waals surface area contributed by atoms with Gasteiger partial charge < -0.3 is 9.88 Å². The van der Waals surface area contributed by atoms with Crippen molar-refractivity contribution in [1.82, 2.24) is 25.1 Å². The van der Waals surface area contributed by atoms with E-state index < -0.39 is 0 Å². The first-order chi connectivity index (χ1) is 13.3. The third-order valence-corrected chi connectivity index (χ3v) is 4.99. The van der Waals surface area contributed by atoms with Crippen LogP contribution in [0.2, 0.25) is 0 Å². The molecule has 6 heteroatoms. The van der Waals surface area contributed by atoms with E-state index in [0.29, 0.717) is 12.1 Å². The van der Waals surface area contributed by atoms with Crippen LogP contribution in [0.3, 0.4) is 0 Å². The second-order valence-electron chi connectivity index (χ2n) is 6.55. The van der Waals surface area contributed by atoms with Crippen molar-refractivity contribution in [3.63, 3.8) is 0 Å². The minimum Gasteiger partial charge on any atom is -0.350 e. The van der Waals surface area contributed by atoms with Crippen LogP contribution in [0.15, 0.2) is 73.3 Å². The normalized spacial score (nSPS) is 14.6. The van der Waals surface area contributed by atoms with E-state index in [1.165, 1.54) is 11.1 Å². The predicted octanol–water partition coefficient (Wildman–Crippen LogP) is 3.27. The Labute approximate surface area is 155 Å². The fraction of sp³-hybridized carbons (Fsp3) is 0.0952. The highest BCUT2D eigenvalue weighted by Crippen LogP contribution is 2.38. The Bertz CT molecular complexity index is 1110. The summed E-state index contributed by atoms with van der Waals surface area (Å²) in [5, 5.41) is 9.96. The van der Waals surface area contributed by atoms with E-state index >= 15 is 0 Å². The number of imidazole rings is 1. The van der Waals surface area contributed by atoms with Crippen LogP contribution in [0.1, 0.15) is 22.0 Å². The summed E-state index contributed by atoms with van der Waals surface area (Å²) >= 11 is 0. The first kappa shape index (κ1) is 15.6. The maximum absolute atomic E-state index is 12.7. The molecule has 0 unspecified atom stereocenters. The minimum absolute atomic E-state index is 0.0541. The van der Waals surface area contributed by atoms with Gasteiger partial charge in [0.2, 0.25) is 0 Å². The first-order valence-electron chi connectivity index (χ1n) is 8.80. The van der Waals surface area contributed by atoms with Gasteiger partial charge in [0.05, 0.1) is 30.0 Å². The largest absolute Gasteiger partial charge is 0.350 e. The number of amides is 1. The average molecular weight is 355 g/mol. The summed E-state index contributed by atoms with van der Waals surface area (Å²) in [6.07, 6.45) is 5.39. The molecule has 0 spiro atoms. The molecule has 1 aliphatic heterocycles. The Hall–Kier alpha value is -3.67. The Morgan fingerprint density at radius 2 is 2.07 bits per heavy atom. The van der Waals surface area contributed by atoms with Crippen LogP contribution in [0.25, 0.3) is 22.5 Å². The number of hydrogen-bond acceptors (Lipinski definition) is 3. The zero-order chi connectivity index (χ0) is 18.2. The first-order valence-corrected chi connectivity index (χ1v) is 8.80. The van der Waals surface area contributed by atoms with E-state index in [9.17, 15) is 4.79 Å². The van der Waals surface area contributed by atoms with Crippen molar-refractivity contribution >= 4 is 5.91 Å². The molecule has 6 nitrogen and oxygen atoms in total. The SMILES string of the molecule is O=C(NC[C@@H]1c2ccccc2-c2cncn21)c1cccc(-c2ccn[nH]2)c1. The summed E-state index contributed by atoms with van der Waals surface area (Å²) in [5.74, 6) is -0.0950. The molecule has 4 aromatic rings. The van der Waals surface area contributed by atoms with E-state index in [-0.39, 0.29) is 11.9 Å². The zero-order valence-electron chi connectivity index (χ0n) is 14.5. The van der Waals surface area contributed by atoms with Gasteiger partial charge >= 0.3 is 0 Å². The molecule has 3 heterocycles. The number of H-pyrrole nitrogens is 1. The van der Waals surface area contributed by atoms with Crippen LogP contribution in [-0.2, 0) is 0 Å². The molecule has 5 rings (SSSR count). The standard InChI is InChI=1S/C21H17N5O/c27-21(15-5-3-4-14(10-15)18-8-9-24-25-18)23-12-20-17-7-2-1-6-16(17)19-11-22-13-26(19)20/h1-11,13,20H,12H2,(H,23,27)(H,24,25)/t20-/m1/s1. The summed E-state index contributed by atoms with van der Waals surface area (Å²) in [7, 11) is 0. The third kappa shape index (κ3) is 2.62. The summed E-state index contributed by atoms with van der Waals surface area (Å²) < 4.78 is 2.12. The van der Waals surface area contributed by atoms with Crippen LogP contribution in [-0.4, -0.2) is 32.2 Å². The number of rotatable bonds is 4. The number of hydrogen-bond donors (Lipinski definition) is 2. The van der Waals surface area contributed by atoms with E-state index in [1.807, 2.05) is 55.0 Å². The molecule has 0 radical (unpaired) electrons. The molecule has 0 bridgehead atoms. The quantitative estimate of drug-likeness (QED) is 0.590. The van der Waals surface area contributed by atoms with Crippen molar-refractivity contribution < 1.29 is 4.79 Å². The number of fused-ring (bicyclic) bond motifs is 3. The third-order valence-electron chi connectivity index (χ3n) is 4.99. The van der Waals surface area contributed by atoms with Crippen molar-refractivity contribution in [3.8, 4) is 22.5 Å². The summed E-state index contributed by atoms with van der Waals surface area (Å²) in [6.45, 7) is 0.507. The van der Waals surface area contributed by atoms with Crippen molar-refractivity contribution in [2.45, 2.75) is 6.04 Å². The maximum Gasteiger partial charge on any atom is 0.251 e. The molecule has 0 saturated heterocycles. The van der Waals surface area contributed by atoms with E-state index in [1.54, 1.807) is 6.20 Å². The van der Waals surface area contributed by atoms with E-state index in [4.69, 9.17) is 0 Å². The minimum atomic E-state index is -0.0950. The Morgan fingerprint density at radius 1 is 1.15 bits per heavy atom. The molecule has 1 aliphatic rings. The van der Waals surface area contributed by atoms with Gasteiger partial charge in [-0.05, 0) is 23.8 Å². The molecular weight excluding hydrogens is 338 g/mol. The molecule has 2 aromatic heterocycles. The fourth-order valence-corrected chi connectivity index (χ4v) is 3.68. The fourth-order valence-electron chi connectivity index (χ4n) is 3.68. The molecule has 132 valence electrons. The van der Waals surface area contributed by atoms with Crippen LogP contribution >= 0.6 is 0 Å². The van der Waals surface area contributed by atoms with Gasteiger partial charge in [0.15, 0.2) is 0 Å². The van der Waals surface area contributed by atoms with Crippen molar-refractivity contribution in [2.24, 2.45) is 0 Å². The molecule has 0 fully saturated rings. The Balaban J connectivity index is 1.37. The van der Waals surface area contributed by atoms with Gasteiger partial charge in [-0.3, -0.25) is 9.89 Å². The summed E-state index contributed by atoms with van der Waals surface area (Å²) in [5.41, 5.74) is 5.92. The Kier molecular flexibility index (Phi) is 3.60. The van der Waals surface area contributed by atoms with Gasteiger partial charge in [-0.1, -0.05) is 36.4 Å². The predicted molar refractivity (Wildman–Crippen MR) is 102 cm³/mol. The lowest BCUT2D eigenvalue weighted by molar-refractivity contribution is 0.0950. The number of benzene rings is 2. The molecular formula is C21H17N5O. The van der Waals surface area contributed by atoms with Gasteiger partial charge in [-0.2, -0.15) is 5.10 Å². The van der Waals surface area contributed by atoms with E-state index in [0.717, 1.165) is 17.0 Å². The molecule has 2 aromatic carbocycles. The highest BCUT2D eigenvalue weighted by molar-refractivity contribution is 5.95. The van der Waals surface area contributed by atoms with Gasteiger partial charge in [-0.15, -0.1) is 0 Å². The molecule has 27 heavy (non-hydrogen) atoms. The summed E-state index contributed by atoms with van der Waals surface area (Å²) in [4.78, 5) is 17.0. The number of aromatic amines is 1. The smallest absolute Gasteiger partial charge is 0.251 e. The van der Waals surface area contributed by atoms with Gasteiger partial charge in [-0.25, -0.2) is 4.98 Å². The van der Waals surface area contributed by atoms with Gasteiger partial charge in [0.1, 0.15) is 0 Å². The number of carbonyl (C=O) groups is 1. The highest BCUT2D eigenvalue weighted by Gasteiger charge is 2.28. The second kappa shape index (κ2) is 6.25. The molecule has 1 amide bonds. The van der Waals surface area contributed by atoms with Crippen molar-refractivity contribution in [2.75, 3.05) is 6.54 Å². The molecule has 0 aliphatic carbocycles. The average Bonchev–Trinajstić information content (AvgIpc) is 3.44. The van der Waals surface area contributed by atoms with Gasteiger partial charge in [0.25, 0.3) is 5.91 Å². The number of nitrogens with zero attached hydrogens (tertiary/aromatic N) is 3. The zero-order valence-corrected chi connectivity index (χ0v) is 14.5. The topological polar surface area (TPSA) is 75.6 Å². The maximum atomic E-state index is 12.7. The van der Waals surface area contributed by atoms with Crippen molar-refractivity contribution in [1.29, 1.82) is 0 Å². The Morgan fingerprint density at radius 3 is 2.96 bits per heavy atom. The monoisotopic (exact) mass is 355 g/mol. The highest BCUT2D eigenvalue weighted by atomic mass is 16.1. The van der Waals surface area contributed by atoms with E-state index in [2.05, 4.69) is 37.2 Å². The lowest BCUT2D eigenvalue weighted by Gasteiger charge is -2.16. The van der Waals surface area contributed by atoms with Crippen molar-refractivity contribution in [3.05, 3.63) is 84.4 Å². The molecule has 2 N–H and O–H groups in total. The lowest BCUT2D eigenvalue weighted by atomic mass is 10.0. The van der Waals surface area contributed by atoms with Crippen LogP contribution in [0.5, 0.6) is 0 Å². The number of nitrogens with one attached hydrogen (secondary N) is 2. The summed E-state index contributed by atoms with van der Waals surface area (Å²) in [6, 6.07) is 17.7. The number of carbonyl (C=O) groups excluding carboxylic acids is 1. The second-order valence-corrected chi connectivity index (χ2v) is 6.55. The van der Waals surface area contributed by atoms with Crippen LogP contribution in [0.4, 0.5) is 0 Å². The van der Waals surface area contributed by atoms with Crippen LogP contribution < -0.4 is 5.32 Å². The van der Waals surface area contributed by atoms with Crippen LogP contribution in [0, 0.1) is 0 Å². The lowest BCUT2D eigenvalue weighted by Crippen LogP contribution is -2.30. The molecule has 1 atom stereocenters. The van der Waals surface area contributed by atoms with Gasteiger partial charge in [0, 0.05) is 29.4 Å². The number of aromatic nitrogens is 4. The molecule has 0 saturated carbocycles.